The second-order valence-electron chi connectivity index (χ2n) is 4.33. The van der Waals surface area contributed by atoms with Crippen LogP contribution in [0.15, 0.2) is 12.1 Å². The Morgan fingerprint density at radius 1 is 1.39 bits per heavy atom. The Kier molecular flexibility index (Phi) is 4.31. The van der Waals surface area contributed by atoms with Gasteiger partial charge >= 0.3 is 6.03 Å². The van der Waals surface area contributed by atoms with Crippen LogP contribution in [0.4, 0.5) is 10.5 Å². The molecule has 0 bridgehead atoms. The van der Waals surface area contributed by atoms with Crippen molar-refractivity contribution in [3.63, 3.8) is 0 Å². The third-order valence-corrected chi connectivity index (χ3v) is 2.84. The number of nitrogens with one attached hydrogen (secondary N) is 2. The molecule has 98 valence electrons. The van der Waals surface area contributed by atoms with E-state index in [1.807, 2.05) is 13.8 Å². The van der Waals surface area contributed by atoms with E-state index in [2.05, 4.69) is 24.4 Å². The zero-order valence-corrected chi connectivity index (χ0v) is 11.3. The van der Waals surface area contributed by atoms with E-state index in [-0.39, 0.29) is 5.96 Å². The average molecular weight is 248 g/mol. The van der Waals surface area contributed by atoms with Gasteiger partial charge < -0.3 is 5.73 Å². The molecule has 5 nitrogen and oxygen atoms in total. The van der Waals surface area contributed by atoms with Crippen LogP contribution in [0.1, 0.15) is 23.6 Å². The van der Waals surface area contributed by atoms with Crippen molar-refractivity contribution < 1.29 is 4.79 Å². The van der Waals surface area contributed by atoms with Gasteiger partial charge in [-0.25, -0.2) is 4.79 Å². The van der Waals surface area contributed by atoms with Crippen LogP contribution >= 0.6 is 0 Å². The lowest BCUT2D eigenvalue weighted by atomic mass is 10.0. The molecule has 0 radical (unpaired) electrons. The van der Waals surface area contributed by atoms with Crippen LogP contribution in [-0.4, -0.2) is 19.0 Å². The van der Waals surface area contributed by atoms with Crippen molar-refractivity contribution in [2.45, 2.75) is 27.2 Å². The number of carbonyl (C=O) groups is 1. The van der Waals surface area contributed by atoms with E-state index in [9.17, 15) is 4.79 Å². The van der Waals surface area contributed by atoms with E-state index in [0.29, 0.717) is 0 Å². The smallest absolute Gasteiger partial charge is 0.328 e. The minimum atomic E-state index is -0.405. The third-order valence-electron chi connectivity index (χ3n) is 2.84. The SMILES string of the molecule is CCc1cc(C)c(N(C)C(=O)NC(=N)N)c(C)c1. The minimum absolute atomic E-state index is 0.354. The number of nitrogens with two attached hydrogens (primary N) is 1. The molecule has 0 saturated heterocycles. The molecule has 0 aliphatic rings. The first-order chi connectivity index (χ1) is 8.36. The molecule has 0 aliphatic carbocycles. The first kappa shape index (κ1) is 14.0. The predicted octanol–water partition coefficient (Wildman–Crippen LogP) is 1.91. The van der Waals surface area contributed by atoms with Gasteiger partial charge in [0.25, 0.3) is 0 Å². The lowest BCUT2D eigenvalue weighted by Gasteiger charge is -2.22. The van der Waals surface area contributed by atoms with Crippen molar-refractivity contribution in [3.8, 4) is 0 Å². The summed E-state index contributed by atoms with van der Waals surface area (Å²) in [5.41, 5.74) is 9.32. The molecule has 1 aromatic rings. The van der Waals surface area contributed by atoms with Crippen molar-refractivity contribution in [3.05, 3.63) is 28.8 Å². The van der Waals surface area contributed by atoms with Gasteiger partial charge in [0.1, 0.15) is 0 Å². The second kappa shape index (κ2) is 5.53. The molecule has 0 atom stereocenters. The van der Waals surface area contributed by atoms with Crippen molar-refractivity contribution in [2.75, 3.05) is 11.9 Å². The lowest BCUT2D eigenvalue weighted by Crippen LogP contribution is -2.44. The Labute approximate surface area is 107 Å². The molecule has 0 aromatic heterocycles. The van der Waals surface area contributed by atoms with E-state index >= 15 is 0 Å². The van der Waals surface area contributed by atoms with E-state index in [4.69, 9.17) is 11.1 Å². The summed E-state index contributed by atoms with van der Waals surface area (Å²) in [6, 6.07) is 3.73. The summed E-state index contributed by atoms with van der Waals surface area (Å²) in [5.74, 6) is -0.354. The molecule has 5 heteroatoms. The van der Waals surface area contributed by atoms with Gasteiger partial charge in [0.2, 0.25) is 0 Å². The zero-order chi connectivity index (χ0) is 13.9. The number of urea groups is 1. The third kappa shape index (κ3) is 3.00. The summed E-state index contributed by atoms with van der Waals surface area (Å²) >= 11 is 0. The Bertz CT molecular complexity index is 459. The fraction of sp³-hybridized carbons (Fsp3) is 0.385. The fourth-order valence-electron chi connectivity index (χ4n) is 2.08. The highest BCUT2D eigenvalue weighted by atomic mass is 16.2. The predicted molar refractivity (Wildman–Crippen MR) is 74.1 cm³/mol. The maximum absolute atomic E-state index is 11.8. The molecular formula is C13H20N4O. The van der Waals surface area contributed by atoms with Gasteiger partial charge in [-0.15, -0.1) is 0 Å². The summed E-state index contributed by atoms with van der Waals surface area (Å²) in [4.78, 5) is 13.3. The second-order valence-corrected chi connectivity index (χ2v) is 4.33. The monoisotopic (exact) mass is 248 g/mol. The van der Waals surface area contributed by atoms with Crippen molar-refractivity contribution in [1.29, 1.82) is 5.41 Å². The summed E-state index contributed by atoms with van der Waals surface area (Å²) < 4.78 is 0. The molecule has 4 N–H and O–H groups in total. The maximum Gasteiger partial charge on any atom is 0.328 e. The van der Waals surface area contributed by atoms with Gasteiger partial charge in [0, 0.05) is 7.05 Å². The Hall–Kier alpha value is -2.04. The van der Waals surface area contributed by atoms with Gasteiger partial charge in [-0.2, -0.15) is 0 Å². The van der Waals surface area contributed by atoms with Gasteiger partial charge in [0.05, 0.1) is 5.69 Å². The van der Waals surface area contributed by atoms with Gasteiger partial charge in [-0.05, 0) is 37.0 Å². The van der Waals surface area contributed by atoms with E-state index in [0.717, 1.165) is 23.2 Å². The van der Waals surface area contributed by atoms with Crippen LogP contribution in [0.25, 0.3) is 0 Å². The summed E-state index contributed by atoms with van der Waals surface area (Å²) in [7, 11) is 1.67. The van der Waals surface area contributed by atoms with Crippen molar-refractivity contribution in [2.24, 2.45) is 5.73 Å². The number of anilines is 1. The Morgan fingerprint density at radius 2 is 1.89 bits per heavy atom. The number of aryl methyl sites for hydroxylation is 3. The van der Waals surface area contributed by atoms with Crippen molar-refractivity contribution in [1.82, 2.24) is 5.32 Å². The average Bonchev–Trinajstić information content (AvgIpc) is 2.26. The lowest BCUT2D eigenvalue weighted by molar-refractivity contribution is 0.251. The standard InChI is InChI=1S/C13H20N4O/c1-5-10-6-8(2)11(9(3)7-10)17(4)13(18)16-12(14)15/h6-7H,5H2,1-4H3,(H4,14,15,16,18). The van der Waals surface area contributed by atoms with Crippen LogP contribution in [0.5, 0.6) is 0 Å². The molecule has 1 rings (SSSR count). The molecule has 0 aliphatic heterocycles. The highest BCUT2D eigenvalue weighted by molar-refractivity contribution is 6.02. The Balaban J connectivity index is 3.09. The van der Waals surface area contributed by atoms with Crippen LogP contribution in [-0.2, 0) is 6.42 Å². The number of nitrogens with zero attached hydrogens (tertiary/aromatic N) is 1. The van der Waals surface area contributed by atoms with Crippen LogP contribution < -0.4 is 16.0 Å². The number of benzene rings is 1. The number of rotatable bonds is 2. The minimum Gasteiger partial charge on any atom is -0.370 e. The Morgan fingerprint density at radius 3 is 2.28 bits per heavy atom. The quantitative estimate of drug-likeness (QED) is 0.552. The van der Waals surface area contributed by atoms with Crippen molar-refractivity contribution >= 4 is 17.7 Å². The highest BCUT2D eigenvalue weighted by Crippen LogP contribution is 2.25. The summed E-state index contributed by atoms with van der Waals surface area (Å²) in [6.45, 7) is 6.04. The van der Waals surface area contributed by atoms with Gasteiger partial charge in [0.15, 0.2) is 5.96 Å². The molecule has 0 fully saturated rings. The van der Waals surface area contributed by atoms with Gasteiger partial charge in [-0.1, -0.05) is 19.1 Å². The molecule has 0 heterocycles. The molecule has 1 aromatic carbocycles. The highest BCUT2D eigenvalue weighted by Gasteiger charge is 2.16. The largest absolute Gasteiger partial charge is 0.370 e. The molecule has 2 amide bonds. The molecule has 0 spiro atoms. The number of amides is 2. The summed E-state index contributed by atoms with van der Waals surface area (Å²) in [5, 5.41) is 9.34. The molecular weight excluding hydrogens is 228 g/mol. The normalized spacial score (nSPS) is 10.0. The number of carbonyl (C=O) groups excluding carboxylic acids is 1. The van der Waals surface area contributed by atoms with E-state index in [1.165, 1.54) is 10.5 Å². The van der Waals surface area contributed by atoms with E-state index in [1.54, 1.807) is 7.05 Å². The maximum atomic E-state index is 11.8. The number of hydrogen-bond acceptors (Lipinski definition) is 2. The van der Waals surface area contributed by atoms with Crippen LogP contribution in [0.3, 0.4) is 0 Å². The van der Waals surface area contributed by atoms with Crippen LogP contribution in [0, 0.1) is 19.3 Å². The number of hydrogen-bond donors (Lipinski definition) is 3. The fourth-order valence-corrected chi connectivity index (χ4v) is 2.08. The first-order valence-corrected chi connectivity index (χ1v) is 5.85. The van der Waals surface area contributed by atoms with Gasteiger partial charge in [-0.3, -0.25) is 15.6 Å². The topological polar surface area (TPSA) is 82.2 Å². The molecule has 0 saturated carbocycles. The van der Waals surface area contributed by atoms with E-state index < -0.39 is 6.03 Å². The van der Waals surface area contributed by atoms with Crippen LogP contribution in [0.2, 0.25) is 0 Å². The molecule has 0 unspecified atom stereocenters. The first-order valence-electron chi connectivity index (χ1n) is 5.85. The molecule has 18 heavy (non-hydrogen) atoms. The summed E-state index contributed by atoms with van der Waals surface area (Å²) in [6.07, 6.45) is 0.964. The zero-order valence-electron chi connectivity index (χ0n) is 11.3. The number of guanidine groups is 1.